The molecule has 0 spiro atoms. The van der Waals surface area contributed by atoms with Gasteiger partial charge in [-0.25, -0.2) is 0 Å². The fourth-order valence-electron chi connectivity index (χ4n) is 6.16. The molecule has 1 aromatic carbocycles. The standard InChI is InChI=1S/C23H24N2O6/c1-24-20(27)12-6-5-11-13(18(12)22(24)29)9-15-19(23(30)25(2)21(15)28)17(11)14-8-10(31-3)4-7-16(14)26/h4-5,7-8,12-13,15,17-19,26H,6,9H2,1-3H3. The number of carbonyl (C=O) groups is 4. The lowest BCUT2D eigenvalue weighted by molar-refractivity contribution is -0.140. The quantitative estimate of drug-likeness (QED) is 0.567. The van der Waals surface area contributed by atoms with Gasteiger partial charge < -0.3 is 9.84 Å². The first-order chi connectivity index (χ1) is 14.8. The van der Waals surface area contributed by atoms with E-state index in [2.05, 4.69) is 0 Å². The molecule has 4 amide bonds. The normalized spacial score (nSPS) is 34.5. The van der Waals surface area contributed by atoms with Gasteiger partial charge in [0.2, 0.25) is 23.6 Å². The van der Waals surface area contributed by atoms with Gasteiger partial charge in [0, 0.05) is 25.6 Å². The Labute approximate surface area is 179 Å². The second kappa shape index (κ2) is 6.67. The van der Waals surface area contributed by atoms with E-state index in [0.717, 1.165) is 10.5 Å². The van der Waals surface area contributed by atoms with Crippen molar-refractivity contribution in [3.8, 4) is 11.5 Å². The van der Waals surface area contributed by atoms with Crippen molar-refractivity contribution < 1.29 is 29.0 Å². The highest BCUT2D eigenvalue weighted by atomic mass is 16.5. The molecule has 3 fully saturated rings. The molecule has 162 valence electrons. The summed E-state index contributed by atoms with van der Waals surface area (Å²) in [6.45, 7) is 0. The molecular weight excluding hydrogens is 400 g/mol. The lowest BCUT2D eigenvalue weighted by Gasteiger charge is -2.44. The predicted molar refractivity (Wildman–Crippen MR) is 108 cm³/mol. The summed E-state index contributed by atoms with van der Waals surface area (Å²) in [5.74, 6) is -3.57. The third-order valence-electron chi connectivity index (χ3n) is 7.66. The molecule has 8 nitrogen and oxygen atoms in total. The van der Waals surface area contributed by atoms with E-state index in [9.17, 15) is 24.3 Å². The second-order valence-electron chi connectivity index (χ2n) is 8.92. The first-order valence-corrected chi connectivity index (χ1v) is 10.5. The number of allylic oxidation sites excluding steroid dienone is 2. The highest BCUT2D eigenvalue weighted by Crippen LogP contribution is 2.58. The second-order valence-corrected chi connectivity index (χ2v) is 8.92. The molecule has 6 atom stereocenters. The Morgan fingerprint density at radius 3 is 2.23 bits per heavy atom. The molecule has 0 radical (unpaired) electrons. The summed E-state index contributed by atoms with van der Waals surface area (Å²) >= 11 is 0. The van der Waals surface area contributed by atoms with Crippen molar-refractivity contribution in [2.75, 3.05) is 21.2 Å². The third kappa shape index (κ3) is 2.53. The van der Waals surface area contributed by atoms with Crippen molar-refractivity contribution in [3.05, 3.63) is 35.4 Å². The van der Waals surface area contributed by atoms with E-state index in [4.69, 9.17) is 4.74 Å². The number of likely N-dealkylation sites (tertiary alicyclic amines) is 2. The molecule has 2 aliphatic heterocycles. The minimum Gasteiger partial charge on any atom is -0.508 e. The van der Waals surface area contributed by atoms with Crippen LogP contribution < -0.4 is 4.74 Å². The first-order valence-electron chi connectivity index (χ1n) is 10.5. The van der Waals surface area contributed by atoms with E-state index >= 15 is 0 Å². The van der Waals surface area contributed by atoms with E-state index in [1.807, 2.05) is 6.08 Å². The zero-order valence-electron chi connectivity index (χ0n) is 17.6. The predicted octanol–water partition coefficient (Wildman–Crippen LogP) is 1.30. The smallest absolute Gasteiger partial charge is 0.233 e. The Balaban J connectivity index is 1.69. The summed E-state index contributed by atoms with van der Waals surface area (Å²) in [7, 11) is 4.49. The molecule has 4 aliphatic rings. The Morgan fingerprint density at radius 2 is 1.55 bits per heavy atom. The zero-order chi connectivity index (χ0) is 22.2. The van der Waals surface area contributed by atoms with Crippen molar-refractivity contribution in [2.24, 2.45) is 29.6 Å². The molecule has 8 heteroatoms. The van der Waals surface area contributed by atoms with Crippen molar-refractivity contribution in [3.63, 3.8) is 0 Å². The average Bonchev–Trinajstić information content (AvgIpc) is 3.13. The number of carbonyl (C=O) groups excluding carboxylic acids is 4. The maximum absolute atomic E-state index is 13.1. The minimum absolute atomic E-state index is 0.00830. The molecule has 1 saturated carbocycles. The van der Waals surface area contributed by atoms with Crippen LogP contribution in [0.5, 0.6) is 11.5 Å². The number of methoxy groups -OCH3 is 1. The Hall–Kier alpha value is -3.16. The van der Waals surface area contributed by atoms with Gasteiger partial charge in [-0.3, -0.25) is 29.0 Å². The van der Waals surface area contributed by atoms with Gasteiger partial charge in [0.25, 0.3) is 0 Å². The molecule has 6 unspecified atom stereocenters. The van der Waals surface area contributed by atoms with Gasteiger partial charge in [-0.2, -0.15) is 0 Å². The summed E-state index contributed by atoms with van der Waals surface area (Å²) in [5.41, 5.74) is 1.37. The summed E-state index contributed by atoms with van der Waals surface area (Å²) < 4.78 is 5.33. The molecular formula is C23H24N2O6. The maximum atomic E-state index is 13.1. The zero-order valence-corrected chi connectivity index (χ0v) is 17.6. The van der Waals surface area contributed by atoms with Crippen LogP contribution in [0.25, 0.3) is 0 Å². The summed E-state index contributed by atoms with van der Waals surface area (Å²) in [5, 5.41) is 10.7. The van der Waals surface area contributed by atoms with Gasteiger partial charge in [-0.15, -0.1) is 0 Å². The SMILES string of the molecule is COc1ccc(O)c(C2C3=CCC4C(=O)N(C)C(=O)C4C3CC3C(=O)N(C)C(=O)C32)c1. The van der Waals surface area contributed by atoms with Gasteiger partial charge in [0.05, 0.1) is 30.8 Å². The van der Waals surface area contributed by atoms with E-state index in [0.29, 0.717) is 24.2 Å². The van der Waals surface area contributed by atoms with Crippen LogP contribution in [0.1, 0.15) is 24.3 Å². The van der Waals surface area contributed by atoms with E-state index in [1.165, 1.54) is 32.2 Å². The van der Waals surface area contributed by atoms with E-state index in [-0.39, 0.29) is 35.3 Å². The van der Waals surface area contributed by atoms with Crippen LogP contribution in [0.15, 0.2) is 29.8 Å². The fourth-order valence-corrected chi connectivity index (χ4v) is 6.16. The molecule has 2 saturated heterocycles. The summed E-state index contributed by atoms with van der Waals surface area (Å²) in [6, 6.07) is 4.84. The first kappa shape index (κ1) is 19.8. The van der Waals surface area contributed by atoms with Crippen molar-refractivity contribution >= 4 is 23.6 Å². The number of rotatable bonds is 2. The lowest BCUT2D eigenvalue weighted by atomic mass is 9.57. The number of benzene rings is 1. The molecule has 2 aliphatic carbocycles. The molecule has 2 heterocycles. The maximum Gasteiger partial charge on any atom is 0.233 e. The number of ether oxygens (including phenoxy) is 1. The molecule has 5 rings (SSSR count). The number of aromatic hydroxyl groups is 1. The molecule has 0 aromatic heterocycles. The Morgan fingerprint density at radius 1 is 0.903 bits per heavy atom. The van der Waals surface area contributed by atoms with Crippen molar-refractivity contribution in [1.29, 1.82) is 0 Å². The highest BCUT2D eigenvalue weighted by Gasteiger charge is 2.61. The Kier molecular flexibility index (Phi) is 4.26. The van der Waals surface area contributed by atoms with Gasteiger partial charge >= 0.3 is 0 Å². The number of hydrogen-bond acceptors (Lipinski definition) is 6. The minimum atomic E-state index is -0.653. The number of hydrogen-bond donors (Lipinski definition) is 1. The van der Waals surface area contributed by atoms with Gasteiger partial charge in [0.1, 0.15) is 11.5 Å². The van der Waals surface area contributed by atoms with Crippen LogP contribution in [0, 0.1) is 29.6 Å². The molecule has 1 aromatic rings. The number of phenols is 1. The highest BCUT2D eigenvalue weighted by molar-refractivity contribution is 6.07. The largest absolute Gasteiger partial charge is 0.508 e. The van der Waals surface area contributed by atoms with Crippen molar-refractivity contribution in [1.82, 2.24) is 9.80 Å². The lowest BCUT2D eigenvalue weighted by Crippen LogP contribution is -2.42. The van der Waals surface area contributed by atoms with Gasteiger partial charge in [-0.1, -0.05) is 11.6 Å². The number of imide groups is 2. The topological polar surface area (TPSA) is 104 Å². The van der Waals surface area contributed by atoms with Crippen LogP contribution in [0.2, 0.25) is 0 Å². The van der Waals surface area contributed by atoms with Crippen molar-refractivity contribution in [2.45, 2.75) is 18.8 Å². The number of nitrogens with zero attached hydrogens (tertiary/aromatic N) is 2. The fraction of sp³-hybridized carbons (Fsp3) is 0.478. The number of phenolic OH excluding ortho intramolecular Hbond substituents is 1. The van der Waals surface area contributed by atoms with Gasteiger partial charge in [0.15, 0.2) is 0 Å². The number of amides is 4. The van der Waals surface area contributed by atoms with Crippen LogP contribution in [0.3, 0.4) is 0 Å². The molecule has 31 heavy (non-hydrogen) atoms. The van der Waals surface area contributed by atoms with Crippen LogP contribution >= 0.6 is 0 Å². The molecule has 0 bridgehead atoms. The molecule has 1 N–H and O–H groups in total. The van der Waals surface area contributed by atoms with Crippen LogP contribution in [-0.2, 0) is 19.2 Å². The van der Waals surface area contributed by atoms with Gasteiger partial charge in [-0.05, 0) is 37.0 Å². The Bertz CT molecular complexity index is 1060. The average molecular weight is 424 g/mol. The monoisotopic (exact) mass is 424 g/mol. The van der Waals surface area contributed by atoms with E-state index in [1.54, 1.807) is 12.1 Å². The third-order valence-corrected chi connectivity index (χ3v) is 7.66. The number of fused-ring (bicyclic) bond motifs is 4. The summed E-state index contributed by atoms with van der Waals surface area (Å²) in [4.78, 5) is 54.0. The van der Waals surface area contributed by atoms with Crippen LogP contribution in [0.4, 0.5) is 0 Å². The van der Waals surface area contributed by atoms with Crippen LogP contribution in [-0.4, -0.2) is 59.7 Å². The van der Waals surface area contributed by atoms with E-state index < -0.39 is 29.6 Å². The summed E-state index contributed by atoms with van der Waals surface area (Å²) in [6.07, 6.45) is 2.70.